The Morgan fingerprint density at radius 3 is 2.54 bits per heavy atom. The van der Waals surface area contributed by atoms with Crippen molar-refractivity contribution in [3.8, 4) is 11.1 Å². The zero-order valence-corrected chi connectivity index (χ0v) is 14.5. The number of aromatic nitrogens is 1. The lowest BCUT2D eigenvalue weighted by molar-refractivity contribution is -0.116. The van der Waals surface area contributed by atoms with E-state index < -0.39 is 11.6 Å². The molecule has 0 atom stereocenters. The van der Waals surface area contributed by atoms with Crippen molar-refractivity contribution in [2.24, 2.45) is 0 Å². The topological polar surface area (TPSA) is 55.1 Å². The molecule has 3 aromatic rings. The number of carbonyl (C=O) groups excluding carboxylic acids is 1. The van der Waals surface area contributed by atoms with Crippen LogP contribution in [0.25, 0.3) is 11.1 Å². The molecule has 0 spiro atoms. The lowest BCUT2D eigenvalue weighted by atomic mass is 10.0. The van der Waals surface area contributed by atoms with Gasteiger partial charge in [0, 0.05) is 23.6 Å². The van der Waals surface area contributed by atoms with Gasteiger partial charge in [0.25, 0.3) is 0 Å². The van der Waals surface area contributed by atoms with E-state index in [2.05, 4.69) is 10.5 Å². The summed E-state index contributed by atoms with van der Waals surface area (Å²) < 4.78 is 33.1. The monoisotopic (exact) mass is 356 g/mol. The molecule has 26 heavy (non-hydrogen) atoms. The Morgan fingerprint density at radius 1 is 1.15 bits per heavy atom. The summed E-state index contributed by atoms with van der Waals surface area (Å²) in [7, 11) is 0. The maximum Gasteiger partial charge on any atom is 0.224 e. The van der Waals surface area contributed by atoms with Crippen LogP contribution in [0.3, 0.4) is 0 Å². The SMILES string of the molecule is Cc1noc(C)c1CCC(=O)Nc1c(F)cc(F)cc1-c1ccccc1. The molecule has 0 aliphatic heterocycles. The summed E-state index contributed by atoms with van der Waals surface area (Å²) in [6.45, 7) is 3.58. The average Bonchev–Trinajstić information content (AvgIpc) is 2.94. The first-order chi connectivity index (χ1) is 12.5. The van der Waals surface area contributed by atoms with Gasteiger partial charge in [0.2, 0.25) is 5.91 Å². The van der Waals surface area contributed by atoms with Gasteiger partial charge in [-0.25, -0.2) is 8.78 Å². The number of hydrogen-bond donors (Lipinski definition) is 1. The van der Waals surface area contributed by atoms with E-state index in [-0.39, 0.29) is 18.0 Å². The Hall–Kier alpha value is -3.02. The third-order valence-electron chi connectivity index (χ3n) is 4.19. The molecule has 1 N–H and O–H groups in total. The molecule has 4 nitrogen and oxygen atoms in total. The number of nitrogens with zero attached hydrogens (tertiary/aromatic N) is 1. The Morgan fingerprint density at radius 2 is 1.88 bits per heavy atom. The van der Waals surface area contributed by atoms with Gasteiger partial charge in [-0.3, -0.25) is 4.79 Å². The average molecular weight is 356 g/mol. The van der Waals surface area contributed by atoms with Gasteiger partial charge in [-0.1, -0.05) is 35.5 Å². The van der Waals surface area contributed by atoms with E-state index in [1.54, 1.807) is 44.2 Å². The van der Waals surface area contributed by atoms with Gasteiger partial charge in [0.15, 0.2) is 0 Å². The predicted molar refractivity (Wildman–Crippen MR) is 94.7 cm³/mol. The highest BCUT2D eigenvalue weighted by Crippen LogP contribution is 2.31. The van der Waals surface area contributed by atoms with E-state index in [4.69, 9.17) is 4.52 Å². The van der Waals surface area contributed by atoms with Crippen molar-refractivity contribution in [3.63, 3.8) is 0 Å². The molecule has 2 aromatic carbocycles. The van der Waals surface area contributed by atoms with Gasteiger partial charge in [-0.15, -0.1) is 0 Å². The molecule has 134 valence electrons. The van der Waals surface area contributed by atoms with Crippen molar-refractivity contribution in [3.05, 3.63) is 71.1 Å². The third kappa shape index (κ3) is 3.79. The predicted octanol–water partition coefficient (Wildman–Crippen LogP) is 4.81. The van der Waals surface area contributed by atoms with E-state index >= 15 is 0 Å². The molecule has 1 aromatic heterocycles. The first kappa shape index (κ1) is 17.8. The minimum atomic E-state index is -0.811. The normalized spacial score (nSPS) is 10.8. The first-order valence-corrected chi connectivity index (χ1v) is 8.21. The molecule has 0 aliphatic carbocycles. The van der Waals surface area contributed by atoms with Gasteiger partial charge in [-0.2, -0.15) is 0 Å². The van der Waals surface area contributed by atoms with Gasteiger partial charge < -0.3 is 9.84 Å². The van der Waals surface area contributed by atoms with Crippen LogP contribution >= 0.6 is 0 Å². The number of carbonyl (C=O) groups is 1. The van der Waals surface area contributed by atoms with Crippen LogP contribution in [0.1, 0.15) is 23.4 Å². The summed E-state index contributed by atoms with van der Waals surface area (Å²) in [6.07, 6.45) is 0.560. The molecule has 0 radical (unpaired) electrons. The Labute approximate surface area is 149 Å². The maximum atomic E-state index is 14.3. The number of aryl methyl sites for hydroxylation is 2. The van der Waals surface area contributed by atoms with Crippen LogP contribution in [0, 0.1) is 25.5 Å². The number of hydrogen-bond acceptors (Lipinski definition) is 3. The van der Waals surface area contributed by atoms with Crippen molar-refractivity contribution >= 4 is 11.6 Å². The van der Waals surface area contributed by atoms with Crippen molar-refractivity contribution in [2.45, 2.75) is 26.7 Å². The van der Waals surface area contributed by atoms with Gasteiger partial charge in [0.1, 0.15) is 17.4 Å². The zero-order chi connectivity index (χ0) is 18.7. The fourth-order valence-electron chi connectivity index (χ4n) is 2.85. The fourth-order valence-corrected chi connectivity index (χ4v) is 2.85. The van der Waals surface area contributed by atoms with Crippen LogP contribution in [0.2, 0.25) is 0 Å². The lowest BCUT2D eigenvalue weighted by Crippen LogP contribution is -2.15. The standard InChI is InChI=1S/C20H18F2N2O2/c1-12-16(13(2)26-24-12)8-9-19(25)23-20-17(10-15(21)11-18(20)22)14-6-4-3-5-7-14/h3-7,10-11H,8-9H2,1-2H3,(H,23,25). The largest absolute Gasteiger partial charge is 0.361 e. The van der Waals surface area contributed by atoms with Gasteiger partial charge in [0.05, 0.1) is 11.4 Å². The Bertz CT molecular complexity index is 917. The van der Waals surface area contributed by atoms with Crippen LogP contribution in [-0.2, 0) is 11.2 Å². The third-order valence-corrected chi connectivity index (χ3v) is 4.19. The van der Waals surface area contributed by atoms with Crippen molar-refractivity contribution < 1.29 is 18.1 Å². The summed E-state index contributed by atoms with van der Waals surface area (Å²) in [6, 6.07) is 10.8. The summed E-state index contributed by atoms with van der Waals surface area (Å²) in [5, 5.41) is 6.42. The summed E-state index contributed by atoms with van der Waals surface area (Å²) >= 11 is 0. The second-order valence-electron chi connectivity index (χ2n) is 6.03. The zero-order valence-electron chi connectivity index (χ0n) is 14.5. The number of anilines is 1. The van der Waals surface area contributed by atoms with Crippen LogP contribution in [0.5, 0.6) is 0 Å². The fraction of sp³-hybridized carbons (Fsp3) is 0.200. The minimum Gasteiger partial charge on any atom is -0.361 e. The molecule has 1 amide bonds. The second-order valence-corrected chi connectivity index (χ2v) is 6.03. The number of benzene rings is 2. The molecular weight excluding hydrogens is 338 g/mol. The molecule has 0 saturated carbocycles. The number of halogens is 2. The highest BCUT2D eigenvalue weighted by atomic mass is 19.1. The highest BCUT2D eigenvalue weighted by Gasteiger charge is 2.17. The van der Waals surface area contributed by atoms with Crippen LogP contribution in [0.4, 0.5) is 14.5 Å². The summed E-state index contributed by atoms with van der Waals surface area (Å²) in [5.41, 5.74) is 2.48. The quantitative estimate of drug-likeness (QED) is 0.714. The van der Waals surface area contributed by atoms with Gasteiger partial charge in [-0.05, 0) is 31.9 Å². The van der Waals surface area contributed by atoms with Crippen molar-refractivity contribution in [2.75, 3.05) is 5.32 Å². The minimum absolute atomic E-state index is 0.0265. The molecule has 6 heteroatoms. The van der Waals surface area contributed by atoms with Gasteiger partial charge >= 0.3 is 0 Å². The number of nitrogens with one attached hydrogen (secondary N) is 1. The van der Waals surface area contributed by atoms with E-state index in [9.17, 15) is 13.6 Å². The van der Waals surface area contributed by atoms with E-state index in [1.165, 1.54) is 6.07 Å². The molecule has 0 fully saturated rings. The molecule has 0 bridgehead atoms. The van der Waals surface area contributed by atoms with E-state index in [0.29, 0.717) is 23.3 Å². The maximum absolute atomic E-state index is 14.3. The van der Waals surface area contributed by atoms with Crippen molar-refractivity contribution in [1.29, 1.82) is 0 Å². The first-order valence-electron chi connectivity index (χ1n) is 8.21. The Balaban J connectivity index is 1.82. The van der Waals surface area contributed by atoms with Crippen molar-refractivity contribution in [1.82, 2.24) is 5.16 Å². The molecule has 0 aliphatic rings. The summed E-state index contributed by atoms with van der Waals surface area (Å²) in [5.74, 6) is -1.22. The summed E-state index contributed by atoms with van der Waals surface area (Å²) in [4.78, 5) is 12.3. The highest BCUT2D eigenvalue weighted by molar-refractivity contribution is 5.95. The smallest absolute Gasteiger partial charge is 0.224 e. The van der Waals surface area contributed by atoms with E-state index in [0.717, 1.165) is 17.3 Å². The molecule has 3 rings (SSSR count). The molecular formula is C20H18F2N2O2. The second kappa shape index (κ2) is 7.47. The number of rotatable bonds is 5. The molecule has 1 heterocycles. The van der Waals surface area contributed by atoms with Crippen LogP contribution in [-0.4, -0.2) is 11.1 Å². The van der Waals surface area contributed by atoms with Crippen LogP contribution < -0.4 is 5.32 Å². The molecule has 0 saturated heterocycles. The number of amides is 1. The van der Waals surface area contributed by atoms with Crippen LogP contribution in [0.15, 0.2) is 47.0 Å². The van der Waals surface area contributed by atoms with E-state index in [1.807, 2.05) is 0 Å². The molecule has 0 unspecified atom stereocenters. The lowest BCUT2D eigenvalue weighted by Gasteiger charge is -2.13. The Kier molecular flexibility index (Phi) is 5.11.